The first-order chi connectivity index (χ1) is 10.9. The number of nitrogens with two attached hydrogens (primary N) is 1. The summed E-state index contributed by atoms with van der Waals surface area (Å²) in [7, 11) is 0. The number of aromatic nitrogens is 1. The van der Waals surface area contributed by atoms with Gasteiger partial charge in [-0.3, -0.25) is 9.78 Å². The summed E-state index contributed by atoms with van der Waals surface area (Å²) < 4.78 is 5.61. The molecular formula is C16H19N3O4. The van der Waals surface area contributed by atoms with Gasteiger partial charge in [-0.1, -0.05) is 13.8 Å². The molecule has 1 amide bonds. The number of carboxylic acid groups (broad SMARTS) is 1. The van der Waals surface area contributed by atoms with Crippen LogP contribution in [-0.4, -0.2) is 22.0 Å². The Balaban J connectivity index is 2.12. The second-order valence-corrected chi connectivity index (χ2v) is 5.59. The molecule has 0 aromatic carbocycles. The van der Waals surface area contributed by atoms with Crippen LogP contribution in [0.15, 0.2) is 28.9 Å². The van der Waals surface area contributed by atoms with E-state index in [0.717, 1.165) is 0 Å². The number of rotatable bonds is 6. The van der Waals surface area contributed by atoms with Gasteiger partial charge in [0.1, 0.15) is 17.1 Å². The fourth-order valence-electron chi connectivity index (χ4n) is 2.08. The Morgan fingerprint density at radius 3 is 2.74 bits per heavy atom. The van der Waals surface area contributed by atoms with Crippen LogP contribution < -0.4 is 11.1 Å². The van der Waals surface area contributed by atoms with Crippen molar-refractivity contribution in [2.45, 2.75) is 26.8 Å². The molecular weight excluding hydrogens is 298 g/mol. The minimum absolute atomic E-state index is 0.0491. The lowest BCUT2D eigenvalue weighted by molar-refractivity contribution is -0.122. The first-order valence-corrected chi connectivity index (χ1v) is 7.21. The molecule has 2 heterocycles. The van der Waals surface area contributed by atoms with Gasteiger partial charge < -0.3 is 20.6 Å². The van der Waals surface area contributed by atoms with Crippen LogP contribution in [0.1, 0.15) is 36.4 Å². The lowest BCUT2D eigenvalue weighted by Crippen LogP contribution is -2.23. The van der Waals surface area contributed by atoms with Crippen molar-refractivity contribution < 1.29 is 19.1 Å². The van der Waals surface area contributed by atoms with Crippen LogP contribution >= 0.6 is 0 Å². The maximum atomic E-state index is 11.6. The van der Waals surface area contributed by atoms with E-state index < -0.39 is 5.97 Å². The number of carbonyl (C=O) groups is 2. The van der Waals surface area contributed by atoms with Crippen molar-refractivity contribution in [3.05, 3.63) is 35.9 Å². The van der Waals surface area contributed by atoms with Crippen molar-refractivity contribution in [2.24, 2.45) is 5.92 Å². The monoisotopic (exact) mass is 317 g/mol. The molecule has 2 aromatic heterocycles. The fourth-order valence-corrected chi connectivity index (χ4v) is 2.08. The summed E-state index contributed by atoms with van der Waals surface area (Å²) in [5.41, 5.74) is 6.28. The largest absolute Gasteiger partial charge is 0.478 e. The number of hydrogen-bond donors (Lipinski definition) is 3. The number of nitrogen functional groups attached to an aromatic ring is 1. The highest BCUT2D eigenvalue weighted by Gasteiger charge is 2.16. The van der Waals surface area contributed by atoms with Crippen LogP contribution in [0.5, 0.6) is 0 Å². The summed E-state index contributed by atoms with van der Waals surface area (Å²) in [5.74, 6) is 0.0480. The molecule has 0 radical (unpaired) electrons. The zero-order chi connectivity index (χ0) is 17.0. The molecule has 23 heavy (non-hydrogen) atoms. The maximum Gasteiger partial charge on any atom is 0.339 e. The smallest absolute Gasteiger partial charge is 0.339 e. The zero-order valence-electron chi connectivity index (χ0n) is 13.0. The molecule has 0 saturated carbocycles. The average Bonchev–Trinajstić information content (AvgIpc) is 2.93. The predicted octanol–water partition coefficient (Wildman–Crippen LogP) is 2.28. The molecule has 7 heteroatoms. The maximum absolute atomic E-state index is 11.6. The minimum Gasteiger partial charge on any atom is -0.478 e. The molecule has 122 valence electrons. The number of furan rings is 1. The number of pyridine rings is 1. The molecule has 0 aliphatic heterocycles. The van der Waals surface area contributed by atoms with Gasteiger partial charge >= 0.3 is 5.97 Å². The molecule has 0 bridgehead atoms. The highest BCUT2D eigenvalue weighted by molar-refractivity contribution is 5.97. The molecule has 4 N–H and O–H groups in total. The van der Waals surface area contributed by atoms with Gasteiger partial charge in [0.2, 0.25) is 5.91 Å². The van der Waals surface area contributed by atoms with Crippen LogP contribution in [0.25, 0.3) is 11.3 Å². The van der Waals surface area contributed by atoms with E-state index in [9.17, 15) is 9.59 Å². The second-order valence-electron chi connectivity index (χ2n) is 5.59. The van der Waals surface area contributed by atoms with E-state index in [-0.39, 0.29) is 29.6 Å². The van der Waals surface area contributed by atoms with Crippen LogP contribution in [0.3, 0.4) is 0 Å². The number of nitrogens with zero attached hydrogens (tertiary/aromatic N) is 1. The standard InChI is InChI=1S/C16H19N3O4/c1-9(2)5-14(20)19-6-10-3-4-13(23-10)11-7-18-8-12(15(11)17)16(21)22/h3-4,7-9H,5-6H2,1-2H3,(H2,17,18)(H,19,20)(H,21,22). The van der Waals surface area contributed by atoms with Crippen molar-refractivity contribution in [3.8, 4) is 11.3 Å². The summed E-state index contributed by atoms with van der Waals surface area (Å²) >= 11 is 0. The quantitative estimate of drug-likeness (QED) is 0.752. The Morgan fingerprint density at radius 2 is 2.09 bits per heavy atom. The lowest BCUT2D eigenvalue weighted by Gasteiger charge is -2.06. The molecule has 0 aliphatic rings. The summed E-state index contributed by atoms with van der Waals surface area (Å²) in [5, 5.41) is 11.8. The molecule has 0 fully saturated rings. The van der Waals surface area contributed by atoms with Crippen LogP contribution in [-0.2, 0) is 11.3 Å². The first kappa shape index (κ1) is 16.5. The van der Waals surface area contributed by atoms with E-state index >= 15 is 0 Å². The molecule has 2 aromatic rings. The molecule has 7 nitrogen and oxygen atoms in total. The number of carboxylic acids is 1. The Morgan fingerprint density at radius 1 is 1.35 bits per heavy atom. The van der Waals surface area contributed by atoms with E-state index in [1.807, 2.05) is 13.8 Å². The van der Waals surface area contributed by atoms with Crippen molar-refractivity contribution in [2.75, 3.05) is 5.73 Å². The Kier molecular flexibility index (Phi) is 5.00. The molecule has 0 aliphatic carbocycles. The second kappa shape index (κ2) is 6.95. The number of amides is 1. The molecule has 0 unspecified atom stereocenters. The van der Waals surface area contributed by atoms with Crippen molar-refractivity contribution in [3.63, 3.8) is 0 Å². The van der Waals surface area contributed by atoms with E-state index in [1.165, 1.54) is 12.4 Å². The third-order valence-electron chi connectivity index (χ3n) is 3.20. The van der Waals surface area contributed by atoms with Crippen molar-refractivity contribution in [1.82, 2.24) is 10.3 Å². The highest BCUT2D eigenvalue weighted by atomic mass is 16.4. The fraction of sp³-hybridized carbons (Fsp3) is 0.312. The third-order valence-corrected chi connectivity index (χ3v) is 3.20. The molecule has 0 saturated heterocycles. The van der Waals surface area contributed by atoms with Gasteiger partial charge in [0.05, 0.1) is 17.8 Å². The van der Waals surface area contributed by atoms with Gasteiger partial charge in [0.25, 0.3) is 0 Å². The average molecular weight is 317 g/mol. The Hall–Kier alpha value is -2.83. The Labute approximate surface area is 133 Å². The summed E-state index contributed by atoms with van der Waals surface area (Å²) in [6.45, 7) is 4.20. The third kappa shape index (κ3) is 4.09. The van der Waals surface area contributed by atoms with E-state index in [0.29, 0.717) is 23.5 Å². The zero-order valence-corrected chi connectivity index (χ0v) is 13.0. The van der Waals surface area contributed by atoms with Gasteiger partial charge in [-0.05, 0) is 18.1 Å². The van der Waals surface area contributed by atoms with Gasteiger partial charge in [-0.15, -0.1) is 0 Å². The molecule has 0 spiro atoms. The SMILES string of the molecule is CC(C)CC(=O)NCc1ccc(-c2cncc(C(=O)O)c2N)o1. The molecule has 0 atom stereocenters. The Bertz CT molecular complexity index is 722. The van der Waals surface area contributed by atoms with Crippen molar-refractivity contribution in [1.29, 1.82) is 0 Å². The van der Waals surface area contributed by atoms with Gasteiger partial charge in [-0.25, -0.2) is 4.79 Å². The summed E-state index contributed by atoms with van der Waals surface area (Å²) in [6.07, 6.45) is 3.09. The number of anilines is 1. The minimum atomic E-state index is -1.15. The van der Waals surface area contributed by atoms with Crippen LogP contribution in [0.2, 0.25) is 0 Å². The summed E-state index contributed by atoms with van der Waals surface area (Å²) in [6, 6.07) is 3.38. The number of aromatic carboxylic acids is 1. The molecule has 2 rings (SSSR count). The van der Waals surface area contributed by atoms with Gasteiger partial charge in [0.15, 0.2) is 0 Å². The van der Waals surface area contributed by atoms with Crippen LogP contribution in [0.4, 0.5) is 5.69 Å². The van der Waals surface area contributed by atoms with E-state index in [4.69, 9.17) is 15.3 Å². The normalized spacial score (nSPS) is 10.7. The number of nitrogens with one attached hydrogen (secondary N) is 1. The summed E-state index contributed by atoms with van der Waals surface area (Å²) in [4.78, 5) is 26.6. The van der Waals surface area contributed by atoms with E-state index in [2.05, 4.69) is 10.3 Å². The first-order valence-electron chi connectivity index (χ1n) is 7.21. The lowest BCUT2D eigenvalue weighted by atomic mass is 10.1. The predicted molar refractivity (Wildman–Crippen MR) is 84.6 cm³/mol. The highest BCUT2D eigenvalue weighted by Crippen LogP contribution is 2.29. The van der Waals surface area contributed by atoms with Crippen molar-refractivity contribution >= 4 is 17.6 Å². The number of carbonyl (C=O) groups excluding carboxylic acids is 1. The van der Waals surface area contributed by atoms with E-state index in [1.54, 1.807) is 12.1 Å². The van der Waals surface area contributed by atoms with Crippen LogP contribution in [0, 0.1) is 5.92 Å². The topological polar surface area (TPSA) is 118 Å². The van der Waals surface area contributed by atoms with Gasteiger partial charge in [0, 0.05) is 18.8 Å². The van der Waals surface area contributed by atoms with Gasteiger partial charge in [-0.2, -0.15) is 0 Å². The number of hydrogen-bond acceptors (Lipinski definition) is 5.